The lowest BCUT2D eigenvalue weighted by Gasteiger charge is -2.46. The predicted molar refractivity (Wildman–Crippen MR) is 240 cm³/mol. The maximum absolute atomic E-state index is 13.0. The van der Waals surface area contributed by atoms with Crippen LogP contribution in [0, 0.1) is 0 Å². The zero-order chi connectivity index (χ0) is 45.4. The number of aliphatic hydroxyl groups excluding tert-OH is 8. The third-order valence-corrected chi connectivity index (χ3v) is 12.8. The Morgan fingerprint density at radius 1 is 0.516 bits per heavy atom. The number of ether oxygens (including phenoxy) is 4. The molecule has 0 aromatic rings. The molecule has 2 rings (SSSR count). The molecule has 0 saturated carbocycles. The summed E-state index contributed by atoms with van der Waals surface area (Å²) in [4.78, 5) is 13.0. The lowest BCUT2D eigenvalue weighted by molar-refractivity contribution is -0.359. The van der Waals surface area contributed by atoms with E-state index in [1.807, 2.05) is 0 Å². The maximum Gasteiger partial charge on any atom is 0.220 e. The first kappa shape index (κ1) is 57.1. The average Bonchev–Trinajstić information content (AvgIpc) is 3.27. The number of carbonyl (C=O) groups is 1. The molecular formula is C48H93NO13. The van der Waals surface area contributed by atoms with Crippen molar-refractivity contribution in [3.8, 4) is 0 Å². The highest BCUT2D eigenvalue weighted by Crippen LogP contribution is 2.30. The lowest BCUT2D eigenvalue weighted by Crippen LogP contribution is -2.65. The molecule has 368 valence electrons. The summed E-state index contributed by atoms with van der Waals surface area (Å²) in [7, 11) is 0. The smallest absolute Gasteiger partial charge is 0.220 e. The van der Waals surface area contributed by atoms with Crippen LogP contribution in [0.3, 0.4) is 0 Å². The first-order chi connectivity index (χ1) is 30.1. The van der Waals surface area contributed by atoms with Gasteiger partial charge in [-0.2, -0.15) is 0 Å². The SMILES string of the molecule is CCCCCCCCCCCCCCCCCCCCCCCCC(O)C(COC1OC(CO)C(OC2OC(CO)C(O)C(O)C2O)C(O)C1O)NC(=O)CCCCCCCC. The van der Waals surface area contributed by atoms with Crippen LogP contribution in [0.4, 0.5) is 0 Å². The molecule has 1 amide bonds. The van der Waals surface area contributed by atoms with Crippen LogP contribution in [0.15, 0.2) is 0 Å². The topological polar surface area (TPSA) is 228 Å². The zero-order valence-electron chi connectivity index (χ0n) is 38.9. The summed E-state index contributed by atoms with van der Waals surface area (Å²) in [6.07, 6.45) is 18.7. The van der Waals surface area contributed by atoms with E-state index in [4.69, 9.17) is 18.9 Å². The number of carbonyl (C=O) groups excluding carboxylic acids is 1. The molecule has 0 aromatic heterocycles. The molecule has 0 bridgehead atoms. The minimum absolute atomic E-state index is 0.214. The van der Waals surface area contributed by atoms with E-state index in [-0.39, 0.29) is 12.5 Å². The van der Waals surface area contributed by atoms with Crippen LogP contribution in [0.1, 0.15) is 206 Å². The molecule has 62 heavy (non-hydrogen) atoms. The fraction of sp³-hybridized carbons (Fsp3) is 0.979. The minimum atomic E-state index is -1.78. The lowest BCUT2D eigenvalue weighted by atomic mass is 9.97. The van der Waals surface area contributed by atoms with E-state index < -0.39 is 86.8 Å². The second kappa shape index (κ2) is 36.2. The zero-order valence-corrected chi connectivity index (χ0v) is 38.9. The van der Waals surface area contributed by atoms with Gasteiger partial charge in [-0.1, -0.05) is 187 Å². The highest BCUT2D eigenvalue weighted by Gasteiger charge is 2.51. The van der Waals surface area contributed by atoms with Crippen LogP contribution in [0.25, 0.3) is 0 Å². The van der Waals surface area contributed by atoms with Crippen molar-refractivity contribution < 1.29 is 64.6 Å². The molecule has 0 aliphatic carbocycles. The molecule has 14 heteroatoms. The van der Waals surface area contributed by atoms with Crippen molar-refractivity contribution in [3.05, 3.63) is 0 Å². The van der Waals surface area contributed by atoms with Gasteiger partial charge in [0.15, 0.2) is 12.6 Å². The summed E-state index contributed by atoms with van der Waals surface area (Å²) < 4.78 is 22.7. The number of nitrogens with one attached hydrogen (secondary N) is 1. The van der Waals surface area contributed by atoms with E-state index in [0.717, 1.165) is 57.8 Å². The van der Waals surface area contributed by atoms with Gasteiger partial charge in [0.1, 0.15) is 48.8 Å². The Morgan fingerprint density at radius 3 is 1.37 bits per heavy atom. The molecular weight excluding hydrogens is 799 g/mol. The molecule has 2 heterocycles. The number of unbranched alkanes of at least 4 members (excludes halogenated alkanes) is 26. The van der Waals surface area contributed by atoms with Gasteiger partial charge in [-0.3, -0.25) is 4.79 Å². The van der Waals surface area contributed by atoms with E-state index in [2.05, 4.69) is 19.2 Å². The van der Waals surface area contributed by atoms with Gasteiger partial charge >= 0.3 is 0 Å². The predicted octanol–water partition coefficient (Wildman–Crippen LogP) is 6.22. The Bertz CT molecular complexity index is 1060. The van der Waals surface area contributed by atoms with Crippen molar-refractivity contribution in [1.82, 2.24) is 5.32 Å². The van der Waals surface area contributed by atoms with E-state index in [1.165, 1.54) is 122 Å². The third kappa shape index (κ3) is 23.4. The normalized spacial score (nSPS) is 27.6. The molecule has 12 atom stereocenters. The number of amides is 1. The van der Waals surface area contributed by atoms with Gasteiger partial charge in [0.2, 0.25) is 5.91 Å². The summed E-state index contributed by atoms with van der Waals surface area (Å²) in [6, 6.07) is -0.818. The van der Waals surface area contributed by atoms with Gasteiger partial charge in [0, 0.05) is 6.42 Å². The van der Waals surface area contributed by atoms with Gasteiger partial charge in [0.05, 0.1) is 32.0 Å². The van der Waals surface area contributed by atoms with Crippen molar-refractivity contribution in [2.24, 2.45) is 0 Å². The number of hydrogen-bond donors (Lipinski definition) is 9. The van der Waals surface area contributed by atoms with Crippen LogP contribution in [-0.4, -0.2) is 140 Å². The van der Waals surface area contributed by atoms with Crippen molar-refractivity contribution in [3.63, 3.8) is 0 Å². The fourth-order valence-electron chi connectivity index (χ4n) is 8.65. The maximum atomic E-state index is 13.0. The van der Waals surface area contributed by atoms with E-state index in [9.17, 15) is 45.6 Å². The van der Waals surface area contributed by atoms with E-state index in [0.29, 0.717) is 12.8 Å². The molecule has 9 N–H and O–H groups in total. The van der Waals surface area contributed by atoms with E-state index >= 15 is 0 Å². The summed E-state index contributed by atoms with van der Waals surface area (Å²) in [6.45, 7) is 2.79. The van der Waals surface area contributed by atoms with Crippen molar-refractivity contribution in [2.45, 2.75) is 280 Å². The Kier molecular flexibility index (Phi) is 33.3. The number of rotatable bonds is 39. The van der Waals surface area contributed by atoms with E-state index in [1.54, 1.807) is 0 Å². The Hall–Kier alpha value is -1.01. The monoisotopic (exact) mass is 892 g/mol. The first-order valence-corrected chi connectivity index (χ1v) is 25.3. The van der Waals surface area contributed by atoms with Crippen LogP contribution in [-0.2, 0) is 23.7 Å². The molecule has 14 nitrogen and oxygen atoms in total. The van der Waals surface area contributed by atoms with Crippen LogP contribution in [0.5, 0.6) is 0 Å². The summed E-state index contributed by atoms with van der Waals surface area (Å²) >= 11 is 0. The second-order valence-electron chi connectivity index (χ2n) is 18.3. The van der Waals surface area contributed by atoms with Crippen molar-refractivity contribution in [1.29, 1.82) is 0 Å². The molecule has 2 aliphatic heterocycles. The quantitative estimate of drug-likeness (QED) is 0.0313. The third-order valence-electron chi connectivity index (χ3n) is 12.8. The van der Waals surface area contributed by atoms with Gasteiger partial charge in [0.25, 0.3) is 0 Å². The van der Waals surface area contributed by atoms with Crippen LogP contribution >= 0.6 is 0 Å². The van der Waals surface area contributed by atoms with Crippen molar-refractivity contribution >= 4 is 5.91 Å². The largest absolute Gasteiger partial charge is 0.394 e. The Labute approximate surface area is 374 Å². The Morgan fingerprint density at radius 2 is 0.919 bits per heavy atom. The standard InChI is InChI=1S/C48H93NO13/c1-3-5-7-9-11-12-13-14-15-16-17-18-19-20-21-22-23-24-25-26-27-29-31-37(52)36(49-40(53)32-30-28-10-8-6-4-2)35-59-47-45(58)43(56)46(39(34-51)61-47)62-48-44(57)42(55)41(54)38(33-50)60-48/h36-39,41-48,50-52,54-58H,3-35H2,1-2H3,(H,49,53). The highest BCUT2D eigenvalue weighted by atomic mass is 16.7. The van der Waals surface area contributed by atoms with Crippen LogP contribution in [0.2, 0.25) is 0 Å². The second-order valence-corrected chi connectivity index (χ2v) is 18.3. The molecule has 2 saturated heterocycles. The average molecular weight is 892 g/mol. The fourth-order valence-corrected chi connectivity index (χ4v) is 8.65. The van der Waals surface area contributed by atoms with Gasteiger partial charge in [-0.05, 0) is 12.8 Å². The molecule has 0 spiro atoms. The number of aliphatic hydroxyl groups is 8. The molecule has 12 unspecified atom stereocenters. The molecule has 0 radical (unpaired) electrons. The molecule has 0 aromatic carbocycles. The van der Waals surface area contributed by atoms with Gasteiger partial charge < -0.3 is 65.1 Å². The molecule has 2 fully saturated rings. The van der Waals surface area contributed by atoms with Crippen molar-refractivity contribution in [2.75, 3.05) is 19.8 Å². The summed E-state index contributed by atoms with van der Waals surface area (Å²) in [5.74, 6) is -0.214. The van der Waals surface area contributed by atoms with Gasteiger partial charge in [-0.25, -0.2) is 0 Å². The minimum Gasteiger partial charge on any atom is -0.394 e. The molecule has 2 aliphatic rings. The first-order valence-electron chi connectivity index (χ1n) is 25.3. The Balaban J connectivity index is 1.72. The highest BCUT2D eigenvalue weighted by molar-refractivity contribution is 5.76. The summed E-state index contributed by atoms with van der Waals surface area (Å²) in [5, 5.41) is 86.5. The van der Waals surface area contributed by atoms with Gasteiger partial charge in [-0.15, -0.1) is 0 Å². The number of hydrogen-bond acceptors (Lipinski definition) is 13. The van der Waals surface area contributed by atoms with Crippen LogP contribution < -0.4 is 5.32 Å². The summed E-state index contributed by atoms with van der Waals surface area (Å²) in [5.41, 5.74) is 0.